The molecule has 1 aromatic carbocycles. The number of morpholine rings is 1. The van der Waals surface area contributed by atoms with E-state index in [4.69, 9.17) is 4.74 Å². The molecule has 2 aromatic heterocycles. The first kappa shape index (κ1) is 19.5. The van der Waals surface area contributed by atoms with E-state index in [2.05, 4.69) is 10.1 Å². The number of aryl methyl sites for hydroxylation is 1. The normalized spacial score (nSPS) is 15.7. The molecule has 0 saturated carbocycles. The number of aromatic nitrogens is 3. The van der Waals surface area contributed by atoms with Gasteiger partial charge in [-0.15, -0.1) is 0 Å². The summed E-state index contributed by atoms with van der Waals surface area (Å²) < 4.78 is 46.9. The lowest BCUT2D eigenvalue weighted by Crippen LogP contribution is -2.39. The van der Waals surface area contributed by atoms with E-state index in [1.165, 1.54) is 6.07 Å². The molecule has 6 nitrogen and oxygen atoms in total. The van der Waals surface area contributed by atoms with Crippen molar-refractivity contribution < 1.29 is 22.7 Å². The van der Waals surface area contributed by atoms with Gasteiger partial charge in [0, 0.05) is 24.7 Å². The molecule has 4 rings (SSSR count). The topological polar surface area (TPSA) is 59.7 Å². The van der Waals surface area contributed by atoms with Crippen LogP contribution in [0.2, 0.25) is 0 Å². The molecule has 1 aliphatic rings. The summed E-state index contributed by atoms with van der Waals surface area (Å²) in [5.41, 5.74) is 0.717. The minimum Gasteiger partial charge on any atom is -0.379 e. The fourth-order valence-corrected chi connectivity index (χ4v) is 3.23. The van der Waals surface area contributed by atoms with E-state index in [0.29, 0.717) is 36.4 Å². The van der Waals surface area contributed by atoms with Gasteiger partial charge in [-0.25, -0.2) is 9.50 Å². The van der Waals surface area contributed by atoms with E-state index in [1.807, 2.05) is 24.0 Å². The maximum Gasteiger partial charge on any atom is 0.433 e. The number of ketones is 1. The molecule has 1 fully saturated rings. The monoisotopic (exact) mass is 404 g/mol. The number of Topliss-reactive ketones (excluding diaryl/α,β-unsaturated/α-hetero) is 1. The summed E-state index contributed by atoms with van der Waals surface area (Å²) >= 11 is 0. The standard InChI is InChI=1S/C20H19F3N4O2/c1-13-2-4-14(5-3-13)15-10-18(20(21,22)23)27-19(24-15)11-16(25-27)17(28)12-26-6-8-29-9-7-26/h2-5,10-11H,6-9,12H2,1H3. The van der Waals surface area contributed by atoms with Gasteiger partial charge in [-0.3, -0.25) is 9.69 Å². The fourth-order valence-electron chi connectivity index (χ4n) is 3.23. The van der Waals surface area contributed by atoms with Crippen molar-refractivity contribution >= 4 is 11.4 Å². The number of hydrogen-bond donors (Lipinski definition) is 0. The lowest BCUT2D eigenvalue weighted by atomic mass is 10.1. The van der Waals surface area contributed by atoms with Crippen LogP contribution in [0.5, 0.6) is 0 Å². The predicted octanol–water partition coefficient (Wildman–Crippen LogP) is 3.24. The van der Waals surface area contributed by atoms with Crippen molar-refractivity contribution in [3.05, 3.63) is 53.3 Å². The Bertz CT molecular complexity index is 1040. The Morgan fingerprint density at radius 2 is 1.83 bits per heavy atom. The number of carbonyl (C=O) groups excluding carboxylic acids is 1. The number of benzene rings is 1. The molecule has 1 saturated heterocycles. The molecule has 0 atom stereocenters. The molecule has 0 bridgehead atoms. The highest BCUT2D eigenvalue weighted by Gasteiger charge is 2.35. The molecule has 0 aliphatic carbocycles. The summed E-state index contributed by atoms with van der Waals surface area (Å²) in [4.78, 5) is 18.8. The highest BCUT2D eigenvalue weighted by molar-refractivity contribution is 5.96. The van der Waals surface area contributed by atoms with E-state index in [0.717, 1.165) is 11.6 Å². The summed E-state index contributed by atoms with van der Waals surface area (Å²) in [6, 6.07) is 9.32. The molecule has 0 radical (unpaired) electrons. The number of carbonyl (C=O) groups is 1. The van der Waals surface area contributed by atoms with Crippen LogP contribution in [0.1, 0.15) is 21.7 Å². The van der Waals surface area contributed by atoms with Gasteiger partial charge in [-0.2, -0.15) is 18.3 Å². The molecule has 9 heteroatoms. The minimum atomic E-state index is -4.64. The average Bonchev–Trinajstić information content (AvgIpc) is 3.12. The van der Waals surface area contributed by atoms with Crippen molar-refractivity contribution in [3.63, 3.8) is 0 Å². The van der Waals surface area contributed by atoms with Crippen molar-refractivity contribution in [1.82, 2.24) is 19.5 Å². The summed E-state index contributed by atoms with van der Waals surface area (Å²) in [5.74, 6) is -0.345. The highest BCUT2D eigenvalue weighted by Crippen LogP contribution is 2.32. The zero-order chi connectivity index (χ0) is 20.6. The zero-order valence-electron chi connectivity index (χ0n) is 15.7. The maximum atomic E-state index is 13.7. The van der Waals surface area contributed by atoms with Crippen LogP contribution in [0.3, 0.4) is 0 Å². The van der Waals surface area contributed by atoms with Crippen LogP contribution < -0.4 is 0 Å². The van der Waals surface area contributed by atoms with Gasteiger partial charge >= 0.3 is 6.18 Å². The number of rotatable bonds is 4. The molecule has 152 valence electrons. The molecular formula is C20H19F3N4O2. The van der Waals surface area contributed by atoms with E-state index < -0.39 is 11.9 Å². The molecule has 0 N–H and O–H groups in total. The molecule has 0 unspecified atom stereocenters. The molecule has 0 amide bonds. The van der Waals surface area contributed by atoms with Crippen molar-refractivity contribution in [2.24, 2.45) is 0 Å². The van der Waals surface area contributed by atoms with E-state index >= 15 is 0 Å². The first-order valence-electron chi connectivity index (χ1n) is 9.19. The average molecular weight is 404 g/mol. The largest absolute Gasteiger partial charge is 0.433 e. The fraction of sp³-hybridized carbons (Fsp3) is 0.350. The van der Waals surface area contributed by atoms with Crippen LogP contribution >= 0.6 is 0 Å². The van der Waals surface area contributed by atoms with Gasteiger partial charge in [-0.05, 0) is 13.0 Å². The third-order valence-corrected chi connectivity index (χ3v) is 4.82. The molecule has 1 aliphatic heterocycles. The van der Waals surface area contributed by atoms with Crippen LogP contribution in [-0.2, 0) is 10.9 Å². The van der Waals surface area contributed by atoms with E-state index in [-0.39, 0.29) is 29.4 Å². The second-order valence-electron chi connectivity index (χ2n) is 7.00. The van der Waals surface area contributed by atoms with E-state index in [9.17, 15) is 18.0 Å². The summed E-state index contributed by atoms with van der Waals surface area (Å²) in [5, 5.41) is 3.92. The lowest BCUT2D eigenvalue weighted by Gasteiger charge is -2.25. The molecule has 0 spiro atoms. The summed E-state index contributed by atoms with van der Waals surface area (Å²) in [6.07, 6.45) is -4.64. The third-order valence-electron chi connectivity index (χ3n) is 4.82. The molecule has 3 heterocycles. The number of halogens is 3. The first-order chi connectivity index (χ1) is 13.8. The Hall–Kier alpha value is -2.78. The van der Waals surface area contributed by atoms with Gasteiger partial charge in [0.25, 0.3) is 0 Å². The van der Waals surface area contributed by atoms with Crippen molar-refractivity contribution in [1.29, 1.82) is 0 Å². The molecule has 3 aromatic rings. The third kappa shape index (κ3) is 4.15. The summed E-state index contributed by atoms with van der Waals surface area (Å²) in [7, 11) is 0. The van der Waals surface area contributed by atoms with Gasteiger partial charge in [-0.1, -0.05) is 29.8 Å². The van der Waals surface area contributed by atoms with Crippen molar-refractivity contribution in [3.8, 4) is 11.3 Å². The van der Waals surface area contributed by atoms with Crippen LogP contribution in [0.4, 0.5) is 13.2 Å². The van der Waals surface area contributed by atoms with Crippen molar-refractivity contribution in [2.75, 3.05) is 32.8 Å². The van der Waals surface area contributed by atoms with Gasteiger partial charge in [0.2, 0.25) is 0 Å². The lowest BCUT2D eigenvalue weighted by molar-refractivity contribution is -0.142. The Kier molecular flexibility index (Phi) is 5.10. The Labute approximate surface area is 164 Å². The van der Waals surface area contributed by atoms with Gasteiger partial charge in [0.1, 0.15) is 5.69 Å². The minimum absolute atomic E-state index is 0.0132. The van der Waals surface area contributed by atoms with Crippen LogP contribution in [0, 0.1) is 6.92 Å². The van der Waals surface area contributed by atoms with Gasteiger partial charge in [0.05, 0.1) is 25.5 Å². The number of hydrogen-bond acceptors (Lipinski definition) is 5. The molecule has 29 heavy (non-hydrogen) atoms. The van der Waals surface area contributed by atoms with E-state index in [1.54, 1.807) is 12.1 Å². The second-order valence-corrected chi connectivity index (χ2v) is 7.00. The maximum absolute atomic E-state index is 13.7. The van der Waals surface area contributed by atoms with Crippen LogP contribution in [0.15, 0.2) is 36.4 Å². The number of alkyl halides is 3. The number of nitrogens with zero attached hydrogens (tertiary/aromatic N) is 4. The van der Waals surface area contributed by atoms with Crippen LogP contribution in [-0.4, -0.2) is 58.1 Å². The van der Waals surface area contributed by atoms with Gasteiger partial charge < -0.3 is 4.74 Å². The summed E-state index contributed by atoms with van der Waals surface area (Å²) in [6.45, 7) is 4.23. The van der Waals surface area contributed by atoms with Crippen LogP contribution in [0.25, 0.3) is 16.9 Å². The smallest absolute Gasteiger partial charge is 0.379 e. The highest BCUT2D eigenvalue weighted by atomic mass is 19.4. The quantitative estimate of drug-likeness (QED) is 0.625. The van der Waals surface area contributed by atoms with Gasteiger partial charge in [0.15, 0.2) is 17.1 Å². The SMILES string of the molecule is Cc1ccc(-c2cc(C(F)(F)F)n3nc(C(=O)CN4CCOCC4)cc3n2)cc1. The Morgan fingerprint density at radius 1 is 1.14 bits per heavy atom. The number of ether oxygens (including phenoxy) is 1. The molecular weight excluding hydrogens is 385 g/mol. The van der Waals surface area contributed by atoms with Crippen molar-refractivity contribution in [2.45, 2.75) is 13.1 Å². The first-order valence-corrected chi connectivity index (χ1v) is 9.19. The second kappa shape index (κ2) is 7.57. The predicted molar refractivity (Wildman–Crippen MR) is 99.8 cm³/mol. The Balaban J connectivity index is 1.73. The number of fused-ring (bicyclic) bond motifs is 1. The Morgan fingerprint density at radius 3 is 2.48 bits per heavy atom. The zero-order valence-corrected chi connectivity index (χ0v) is 15.7.